The maximum Gasteiger partial charge on any atom is 0.229 e. The van der Waals surface area contributed by atoms with E-state index in [2.05, 4.69) is 4.98 Å². The molecule has 0 fully saturated rings. The second kappa shape index (κ2) is 6.91. The maximum atomic E-state index is 12.9. The Hall–Kier alpha value is -2.56. The fourth-order valence-electron chi connectivity index (χ4n) is 2.98. The fraction of sp³-hybridized carbons (Fsp3) is 0.368. The summed E-state index contributed by atoms with van der Waals surface area (Å²) >= 11 is 0. The van der Waals surface area contributed by atoms with Gasteiger partial charge in [-0.25, -0.2) is 0 Å². The third-order valence-corrected chi connectivity index (χ3v) is 4.65. The molecule has 126 valence electrons. The Bertz CT molecular complexity index is 718. The first-order chi connectivity index (χ1) is 11.6. The predicted molar refractivity (Wildman–Crippen MR) is 91.1 cm³/mol. The molecule has 3 rings (SSSR count). The lowest BCUT2D eigenvalue weighted by atomic mass is 9.94. The molecule has 2 atom stereocenters. The van der Waals surface area contributed by atoms with Crippen LogP contribution < -0.4 is 9.47 Å². The van der Waals surface area contributed by atoms with E-state index in [1.165, 1.54) is 0 Å². The molecule has 2 aromatic rings. The Kier molecular flexibility index (Phi) is 4.69. The number of rotatable bonds is 4. The molecule has 0 radical (unpaired) electrons. The summed E-state index contributed by atoms with van der Waals surface area (Å²) in [6, 6.07) is 9.62. The van der Waals surface area contributed by atoms with Gasteiger partial charge in [0, 0.05) is 25.5 Å². The summed E-state index contributed by atoms with van der Waals surface area (Å²) in [5, 5.41) is 0. The Morgan fingerprint density at radius 2 is 2.08 bits per heavy atom. The van der Waals surface area contributed by atoms with E-state index in [0.29, 0.717) is 13.0 Å². The zero-order valence-corrected chi connectivity index (χ0v) is 14.2. The molecule has 5 nitrogen and oxygen atoms in total. The number of amides is 1. The highest BCUT2D eigenvalue weighted by Gasteiger charge is 2.30. The van der Waals surface area contributed by atoms with Crippen molar-refractivity contribution in [3.63, 3.8) is 0 Å². The number of fused-ring (bicyclic) bond motifs is 1. The van der Waals surface area contributed by atoms with Crippen molar-refractivity contribution in [2.45, 2.75) is 19.4 Å². The van der Waals surface area contributed by atoms with Gasteiger partial charge in [-0.15, -0.1) is 0 Å². The van der Waals surface area contributed by atoms with Gasteiger partial charge < -0.3 is 14.4 Å². The Labute approximate surface area is 142 Å². The summed E-state index contributed by atoms with van der Waals surface area (Å²) in [6.45, 7) is 2.42. The molecule has 1 aromatic carbocycles. The Balaban J connectivity index is 1.71. The molecule has 24 heavy (non-hydrogen) atoms. The van der Waals surface area contributed by atoms with Gasteiger partial charge in [0.05, 0.1) is 19.1 Å². The van der Waals surface area contributed by atoms with Crippen molar-refractivity contribution < 1.29 is 14.3 Å². The number of hydrogen-bond donors (Lipinski definition) is 0. The van der Waals surface area contributed by atoms with E-state index in [1.54, 1.807) is 24.4 Å². The van der Waals surface area contributed by atoms with E-state index in [1.807, 2.05) is 44.3 Å². The van der Waals surface area contributed by atoms with Crippen molar-refractivity contribution in [1.29, 1.82) is 0 Å². The third kappa shape index (κ3) is 3.20. The number of ether oxygens (including phenoxy) is 2. The van der Waals surface area contributed by atoms with E-state index in [9.17, 15) is 4.79 Å². The van der Waals surface area contributed by atoms with Crippen LogP contribution in [0, 0.1) is 5.92 Å². The summed E-state index contributed by atoms with van der Waals surface area (Å²) in [7, 11) is 3.48. The highest BCUT2D eigenvalue weighted by atomic mass is 16.5. The minimum absolute atomic E-state index is 0.00207. The normalized spacial score (nSPS) is 17.4. The molecule has 1 aliphatic rings. The molecule has 0 N–H and O–H groups in total. The molecule has 1 aromatic heterocycles. The second-order valence-corrected chi connectivity index (χ2v) is 6.09. The van der Waals surface area contributed by atoms with Crippen LogP contribution in [0.4, 0.5) is 0 Å². The van der Waals surface area contributed by atoms with Gasteiger partial charge in [-0.2, -0.15) is 0 Å². The minimum atomic E-state index is -0.166. The Morgan fingerprint density at radius 1 is 1.33 bits per heavy atom. The zero-order chi connectivity index (χ0) is 17.1. The molecule has 1 aliphatic heterocycles. The largest absolute Gasteiger partial charge is 0.497 e. The number of nitrogens with zero attached hydrogens (tertiary/aromatic N) is 2. The molecule has 0 saturated carbocycles. The number of hydrogen-bond acceptors (Lipinski definition) is 4. The van der Waals surface area contributed by atoms with Gasteiger partial charge in [0.15, 0.2) is 0 Å². The van der Waals surface area contributed by atoms with Crippen LogP contribution >= 0.6 is 0 Å². The van der Waals surface area contributed by atoms with Crippen molar-refractivity contribution in [3.8, 4) is 11.5 Å². The van der Waals surface area contributed by atoms with Crippen LogP contribution in [0.15, 0.2) is 42.7 Å². The SMILES string of the molecule is COc1ccc2c(c1)OC[C@H](C(=O)N(C)[C@@H](C)c1ccncc1)C2. The lowest BCUT2D eigenvalue weighted by Crippen LogP contribution is -2.39. The van der Waals surface area contributed by atoms with Crippen LogP contribution in [0.1, 0.15) is 24.1 Å². The highest BCUT2D eigenvalue weighted by Crippen LogP contribution is 2.32. The van der Waals surface area contributed by atoms with Gasteiger partial charge >= 0.3 is 0 Å². The van der Waals surface area contributed by atoms with Crippen LogP contribution in [0.5, 0.6) is 11.5 Å². The van der Waals surface area contributed by atoms with Crippen LogP contribution in [-0.2, 0) is 11.2 Å². The predicted octanol–water partition coefficient (Wildman–Crippen LogP) is 2.86. The molecule has 2 heterocycles. The highest BCUT2D eigenvalue weighted by molar-refractivity contribution is 5.80. The van der Waals surface area contributed by atoms with Gasteiger partial charge in [-0.1, -0.05) is 6.07 Å². The van der Waals surface area contributed by atoms with Gasteiger partial charge in [0.2, 0.25) is 5.91 Å². The number of benzene rings is 1. The fourth-order valence-corrected chi connectivity index (χ4v) is 2.98. The molecule has 0 unspecified atom stereocenters. The van der Waals surface area contributed by atoms with Gasteiger partial charge in [0.25, 0.3) is 0 Å². The summed E-state index contributed by atoms with van der Waals surface area (Å²) < 4.78 is 11.0. The monoisotopic (exact) mass is 326 g/mol. The molecule has 0 spiro atoms. The number of methoxy groups -OCH3 is 1. The lowest BCUT2D eigenvalue weighted by Gasteiger charge is -2.31. The molecular formula is C19H22N2O3. The van der Waals surface area contributed by atoms with Crippen LogP contribution in [-0.4, -0.2) is 36.6 Å². The van der Waals surface area contributed by atoms with Gasteiger partial charge in [0.1, 0.15) is 18.1 Å². The van der Waals surface area contributed by atoms with Gasteiger partial charge in [-0.05, 0) is 42.7 Å². The first-order valence-electron chi connectivity index (χ1n) is 8.06. The number of carbonyl (C=O) groups is 1. The topological polar surface area (TPSA) is 51.7 Å². The van der Waals surface area contributed by atoms with Crippen molar-refractivity contribution in [2.24, 2.45) is 5.92 Å². The first-order valence-corrected chi connectivity index (χ1v) is 8.06. The van der Waals surface area contributed by atoms with Gasteiger partial charge in [-0.3, -0.25) is 9.78 Å². The smallest absolute Gasteiger partial charge is 0.229 e. The van der Waals surface area contributed by atoms with Crippen LogP contribution in [0.3, 0.4) is 0 Å². The van der Waals surface area contributed by atoms with E-state index in [4.69, 9.17) is 9.47 Å². The Morgan fingerprint density at radius 3 is 2.79 bits per heavy atom. The van der Waals surface area contributed by atoms with E-state index in [0.717, 1.165) is 22.6 Å². The lowest BCUT2D eigenvalue weighted by molar-refractivity contribution is -0.137. The summed E-state index contributed by atoms with van der Waals surface area (Å²) in [4.78, 5) is 18.7. The zero-order valence-electron chi connectivity index (χ0n) is 14.2. The quantitative estimate of drug-likeness (QED) is 0.867. The number of pyridine rings is 1. The molecule has 1 amide bonds. The summed E-state index contributed by atoms with van der Waals surface area (Å²) in [6.07, 6.45) is 4.18. The molecule has 0 aliphatic carbocycles. The average Bonchev–Trinajstić information content (AvgIpc) is 2.66. The molecule has 0 bridgehead atoms. The van der Waals surface area contributed by atoms with Crippen molar-refractivity contribution in [2.75, 3.05) is 20.8 Å². The molecule has 5 heteroatoms. The summed E-state index contributed by atoms with van der Waals surface area (Å²) in [5.41, 5.74) is 2.12. The number of aromatic nitrogens is 1. The van der Waals surface area contributed by atoms with E-state index in [-0.39, 0.29) is 17.9 Å². The van der Waals surface area contributed by atoms with Crippen LogP contribution in [0.25, 0.3) is 0 Å². The van der Waals surface area contributed by atoms with Crippen molar-refractivity contribution in [3.05, 3.63) is 53.9 Å². The summed E-state index contributed by atoms with van der Waals surface area (Å²) in [5.74, 6) is 1.51. The molecular weight excluding hydrogens is 304 g/mol. The maximum absolute atomic E-state index is 12.9. The van der Waals surface area contributed by atoms with Crippen molar-refractivity contribution in [1.82, 2.24) is 9.88 Å². The first kappa shape index (κ1) is 16.3. The second-order valence-electron chi connectivity index (χ2n) is 6.09. The average molecular weight is 326 g/mol. The third-order valence-electron chi connectivity index (χ3n) is 4.65. The van der Waals surface area contributed by atoms with E-state index >= 15 is 0 Å². The minimum Gasteiger partial charge on any atom is -0.497 e. The van der Waals surface area contributed by atoms with Crippen LogP contribution in [0.2, 0.25) is 0 Å². The molecule has 0 saturated heterocycles. The number of carbonyl (C=O) groups excluding carboxylic acids is 1. The van der Waals surface area contributed by atoms with Crippen molar-refractivity contribution >= 4 is 5.91 Å². The van der Waals surface area contributed by atoms with E-state index < -0.39 is 0 Å². The standard InChI is InChI=1S/C19H22N2O3/c1-13(14-6-8-20-9-7-14)21(2)19(22)16-10-15-4-5-17(23-3)11-18(15)24-12-16/h4-9,11,13,16H,10,12H2,1-3H3/t13-,16+/m0/s1.